The Kier molecular flexibility index (Phi) is 3.69. The van der Waals surface area contributed by atoms with Gasteiger partial charge in [-0.15, -0.1) is 0 Å². The molecule has 5 heteroatoms. The van der Waals surface area contributed by atoms with Crippen LogP contribution in [0.15, 0.2) is 12.4 Å². The van der Waals surface area contributed by atoms with Gasteiger partial charge < -0.3 is 10.3 Å². The topological polar surface area (TPSA) is 61.7 Å². The monoisotopic (exact) mass is 247 g/mol. The third kappa shape index (κ3) is 2.25. The van der Waals surface area contributed by atoms with Gasteiger partial charge in [0, 0.05) is 32.4 Å². The second-order valence-electron chi connectivity index (χ2n) is 4.44. The van der Waals surface area contributed by atoms with Crippen molar-refractivity contribution in [2.24, 2.45) is 7.05 Å². The number of aryl methyl sites for hydroxylation is 4. The van der Waals surface area contributed by atoms with Crippen molar-refractivity contribution < 1.29 is 0 Å². The van der Waals surface area contributed by atoms with Gasteiger partial charge in [-0.25, -0.2) is 4.98 Å². The van der Waals surface area contributed by atoms with Gasteiger partial charge in [-0.3, -0.25) is 4.68 Å². The molecule has 0 unspecified atom stereocenters. The number of nitrogens with zero attached hydrogens (tertiary/aromatic N) is 4. The smallest absolute Gasteiger partial charge is 0.110 e. The van der Waals surface area contributed by atoms with Crippen molar-refractivity contribution >= 4 is 5.69 Å². The molecule has 0 atom stereocenters. The van der Waals surface area contributed by atoms with E-state index in [1.165, 1.54) is 0 Å². The van der Waals surface area contributed by atoms with Gasteiger partial charge in [0.1, 0.15) is 5.82 Å². The summed E-state index contributed by atoms with van der Waals surface area (Å²) in [7, 11) is 2.01. The highest BCUT2D eigenvalue weighted by Gasteiger charge is 2.12. The molecule has 2 rings (SSSR count). The van der Waals surface area contributed by atoms with Gasteiger partial charge in [0.05, 0.1) is 17.1 Å². The van der Waals surface area contributed by atoms with Crippen LogP contribution in [0, 0.1) is 0 Å². The molecule has 2 aromatic heterocycles. The fraction of sp³-hybridized carbons (Fsp3) is 0.538. The van der Waals surface area contributed by atoms with Gasteiger partial charge in [-0.1, -0.05) is 13.8 Å². The molecule has 0 amide bonds. The standard InChI is InChI=1S/C13H21N5/c1-4-10-13(14)11(5-2)18(16-10)8-6-12-15-7-9-17(12)3/h7,9H,4-6,8,14H2,1-3H3. The Morgan fingerprint density at radius 3 is 2.61 bits per heavy atom. The minimum atomic E-state index is 0.832. The first kappa shape index (κ1) is 12.7. The number of hydrogen-bond donors (Lipinski definition) is 1. The van der Waals surface area contributed by atoms with Crippen LogP contribution in [0.4, 0.5) is 5.69 Å². The van der Waals surface area contributed by atoms with Gasteiger partial charge in [0.25, 0.3) is 0 Å². The lowest BCUT2D eigenvalue weighted by Crippen LogP contribution is -2.10. The lowest BCUT2D eigenvalue weighted by Gasteiger charge is -2.06. The lowest BCUT2D eigenvalue weighted by molar-refractivity contribution is 0.562. The summed E-state index contributed by atoms with van der Waals surface area (Å²) in [6.07, 6.45) is 6.46. The van der Waals surface area contributed by atoms with E-state index < -0.39 is 0 Å². The molecule has 0 saturated carbocycles. The van der Waals surface area contributed by atoms with E-state index in [1.54, 1.807) is 0 Å². The van der Waals surface area contributed by atoms with E-state index >= 15 is 0 Å². The van der Waals surface area contributed by atoms with Gasteiger partial charge in [0.2, 0.25) is 0 Å². The fourth-order valence-electron chi connectivity index (χ4n) is 2.23. The van der Waals surface area contributed by atoms with Crippen molar-refractivity contribution in [1.82, 2.24) is 19.3 Å². The Bertz CT molecular complexity index is 523. The first-order valence-electron chi connectivity index (χ1n) is 6.47. The van der Waals surface area contributed by atoms with Crippen molar-refractivity contribution in [1.29, 1.82) is 0 Å². The van der Waals surface area contributed by atoms with Crippen LogP contribution in [-0.4, -0.2) is 19.3 Å². The molecule has 98 valence electrons. The highest BCUT2D eigenvalue weighted by atomic mass is 15.3. The molecule has 5 nitrogen and oxygen atoms in total. The fourth-order valence-corrected chi connectivity index (χ4v) is 2.23. The van der Waals surface area contributed by atoms with E-state index in [0.717, 1.165) is 48.7 Å². The Hall–Kier alpha value is -1.78. The van der Waals surface area contributed by atoms with Gasteiger partial charge in [-0.05, 0) is 12.8 Å². The molecule has 18 heavy (non-hydrogen) atoms. The summed E-state index contributed by atoms with van der Waals surface area (Å²) in [4.78, 5) is 4.33. The van der Waals surface area contributed by atoms with Crippen LogP contribution in [0.2, 0.25) is 0 Å². The molecule has 0 fully saturated rings. The van der Waals surface area contributed by atoms with Gasteiger partial charge in [-0.2, -0.15) is 5.10 Å². The Morgan fingerprint density at radius 2 is 2.06 bits per heavy atom. The second kappa shape index (κ2) is 5.25. The molecule has 0 radical (unpaired) electrons. The van der Waals surface area contributed by atoms with E-state index in [9.17, 15) is 0 Å². The van der Waals surface area contributed by atoms with E-state index in [4.69, 9.17) is 5.73 Å². The maximum atomic E-state index is 6.10. The molecule has 0 aliphatic heterocycles. The zero-order valence-corrected chi connectivity index (χ0v) is 11.3. The largest absolute Gasteiger partial charge is 0.396 e. The van der Waals surface area contributed by atoms with Crippen LogP contribution in [0.25, 0.3) is 0 Å². The van der Waals surface area contributed by atoms with Crippen LogP contribution in [0.3, 0.4) is 0 Å². The molecule has 0 saturated heterocycles. The van der Waals surface area contributed by atoms with Crippen molar-refractivity contribution in [3.05, 3.63) is 29.6 Å². The summed E-state index contributed by atoms with van der Waals surface area (Å²) in [5.74, 6) is 1.07. The van der Waals surface area contributed by atoms with Crippen LogP contribution < -0.4 is 5.73 Å². The zero-order valence-electron chi connectivity index (χ0n) is 11.3. The first-order chi connectivity index (χ1) is 8.67. The van der Waals surface area contributed by atoms with Crippen LogP contribution in [-0.2, 0) is 32.9 Å². The molecule has 0 aliphatic carbocycles. The number of imidazole rings is 1. The number of rotatable bonds is 5. The molecule has 2 aromatic rings. The van der Waals surface area contributed by atoms with Crippen molar-refractivity contribution in [2.75, 3.05) is 5.73 Å². The molecule has 2 heterocycles. The summed E-state index contributed by atoms with van der Waals surface area (Å²) in [5.41, 5.74) is 9.11. The average molecular weight is 247 g/mol. The van der Waals surface area contributed by atoms with Gasteiger partial charge in [0.15, 0.2) is 0 Å². The van der Waals surface area contributed by atoms with Crippen molar-refractivity contribution in [3.8, 4) is 0 Å². The first-order valence-corrected chi connectivity index (χ1v) is 6.47. The van der Waals surface area contributed by atoms with E-state index in [0.29, 0.717) is 0 Å². The number of nitrogens with two attached hydrogens (primary N) is 1. The Morgan fingerprint density at radius 1 is 1.28 bits per heavy atom. The number of anilines is 1. The third-order valence-electron chi connectivity index (χ3n) is 3.31. The lowest BCUT2D eigenvalue weighted by atomic mass is 10.2. The summed E-state index contributed by atoms with van der Waals surface area (Å²) in [6, 6.07) is 0. The van der Waals surface area contributed by atoms with Crippen LogP contribution in [0.5, 0.6) is 0 Å². The summed E-state index contributed by atoms with van der Waals surface area (Å²) >= 11 is 0. The summed E-state index contributed by atoms with van der Waals surface area (Å²) in [5, 5.41) is 4.58. The quantitative estimate of drug-likeness (QED) is 0.872. The number of nitrogen functional groups attached to an aromatic ring is 1. The maximum Gasteiger partial charge on any atom is 0.110 e. The highest BCUT2D eigenvalue weighted by molar-refractivity contribution is 5.48. The summed E-state index contributed by atoms with van der Waals surface area (Å²) < 4.78 is 4.07. The van der Waals surface area contributed by atoms with Gasteiger partial charge >= 0.3 is 0 Å². The van der Waals surface area contributed by atoms with E-state index in [-0.39, 0.29) is 0 Å². The predicted molar refractivity (Wildman–Crippen MR) is 72.3 cm³/mol. The maximum absolute atomic E-state index is 6.10. The molecular weight excluding hydrogens is 226 g/mol. The highest BCUT2D eigenvalue weighted by Crippen LogP contribution is 2.18. The molecule has 0 spiro atoms. The van der Waals surface area contributed by atoms with Crippen molar-refractivity contribution in [2.45, 2.75) is 39.7 Å². The SMILES string of the molecule is CCc1nn(CCc2nccn2C)c(CC)c1N. The third-order valence-corrected chi connectivity index (χ3v) is 3.31. The molecule has 0 aromatic carbocycles. The Labute approximate surface area is 108 Å². The van der Waals surface area contributed by atoms with Crippen LogP contribution >= 0.6 is 0 Å². The Balaban J connectivity index is 2.16. The van der Waals surface area contributed by atoms with E-state index in [2.05, 4.69) is 23.9 Å². The van der Waals surface area contributed by atoms with Crippen LogP contribution in [0.1, 0.15) is 31.1 Å². The van der Waals surface area contributed by atoms with Crippen molar-refractivity contribution in [3.63, 3.8) is 0 Å². The molecular formula is C13H21N5. The number of aromatic nitrogens is 4. The predicted octanol–water partition coefficient (Wildman–Crippen LogP) is 1.57. The zero-order chi connectivity index (χ0) is 13.1. The minimum absolute atomic E-state index is 0.832. The average Bonchev–Trinajstić information content (AvgIpc) is 2.90. The molecule has 0 aliphatic rings. The molecule has 2 N–H and O–H groups in total. The normalized spacial score (nSPS) is 11.1. The summed E-state index contributed by atoms with van der Waals surface area (Å²) in [6.45, 7) is 5.03. The van der Waals surface area contributed by atoms with E-state index in [1.807, 2.05) is 28.7 Å². The minimum Gasteiger partial charge on any atom is -0.396 e. The molecule has 0 bridgehead atoms. The number of hydrogen-bond acceptors (Lipinski definition) is 3. The second-order valence-corrected chi connectivity index (χ2v) is 4.44.